The van der Waals surface area contributed by atoms with Gasteiger partial charge in [0.05, 0.1) is 25.1 Å². The van der Waals surface area contributed by atoms with Crippen LogP contribution in [0.5, 0.6) is 0 Å². The smallest absolute Gasteiger partial charge is 0.409 e. The van der Waals surface area contributed by atoms with Crippen LogP contribution in [0.15, 0.2) is 24.7 Å². The molecule has 0 radical (unpaired) electrons. The average molecular weight is 383 g/mol. The van der Waals surface area contributed by atoms with E-state index < -0.39 is 0 Å². The minimum absolute atomic E-state index is 0.0429. The van der Waals surface area contributed by atoms with Crippen LogP contribution in [-0.2, 0) is 18.2 Å². The second-order valence-electron chi connectivity index (χ2n) is 7.02. The number of aliphatic hydroxyl groups is 1. The molecule has 1 N–H and O–H groups in total. The SMILES string of the molecule is CCOC(=O)N1CCN(c2ccnc3c2C(CO)=C(c2cnn(C)c2)C3)CC1. The topological polar surface area (TPSA) is 83.7 Å². The third-order valence-corrected chi connectivity index (χ3v) is 5.38. The first-order chi connectivity index (χ1) is 13.6. The van der Waals surface area contributed by atoms with Gasteiger partial charge in [-0.25, -0.2) is 4.79 Å². The number of aryl methyl sites for hydroxylation is 1. The van der Waals surface area contributed by atoms with Crippen molar-refractivity contribution in [3.63, 3.8) is 0 Å². The van der Waals surface area contributed by atoms with E-state index in [2.05, 4.69) is 15.0 Å². The summed E-state index contributed by atoms with van der Waals surface area (Å²) in [5.41, 5.74) is 6.08. The van der Waals surface area contributed by atoms with Crippen LogP contribution in [0.2, 0.25) is 0 Å². The largest absolute Gasteiger partial charge is 0.450 e. The Hall–Kier alpha value is -2.87. The number of anilines is 1. The molecular weight excluding hydrogens is 358 g/mol. The summed E-state index contributed by atoms with van der Waals surface area (Å²) in [7, 11) is 1.89. The van der Waals surface area contributed by atoms with Crippen LogP contribution in [0.4, 0.5) is 10.5 Å². The van der Waals surface area contributed by atoms with E-state index in [4.69, 9.17) is 4.74 Å². The number of aliphatic hydroxyl groups excluding tert-OH is 1. The number of hydrogen-bond donors (Lipinski definition) is 1. The number of amides is 1. The maximum Gasteiger partial charge on any atom is 0.409 e. The molecule has 0 unspecified atom stereocenters. The zero-order chi connectivity index (χ0) is 19.7. The highest BCUT2D eigenvalue weighted by Crippen LogP contribution is 2.42. The molecule has 0 aromatic carbocycles. The van der Waals surface area contributed by atoms with Crippen molar-refractivity contribution in [2.45, 2.75) is 13.3 Å². The number of piperazine rings is 1. The molecule has 0 spiro atoms. The number of ether oxygens (including phenoxy) is 1. The van der Waals surface area contributed by atoms with Crippen molar-refractivity contribution in [3.8, 4) is 0 Å². The Balaban J connectivity index is 1.61. The Labute approximate surface area is 164 Å². The van der Waals surface area contributed by atoms with Gasteiger partial charge in [-0.15, -0.1) is 0 Å². The minimum atomic E-state index is -0.253. The first-order valence-electron chi connectivity index (χ1n) is 9.59. The maximum atomic E-state index is 12.0. The van der Waals surface area contributed by atoms with Gasteiger partial charge in [0, 0.05) is 68.9 Å². The summed E-state index contributed by atoms with van der Waals surface area (Å²) in [6.45, 7) is 4.83. The molecule has 2 aromatic rings. The summed E-state index contributed by atoms with van der Waals surface area (Å²) in [5.74, 6) is 0. The lowest BCUT2D eigenvalue weighted by molar-refractivity contribution is 0.105. The van der Waals surface area contributed by atoms with Gasteiger partial charge in [0.25, 0.3) is 0 Å². The second-order valence-corrected chi connectivity index (χ2v) is 7.02. The highest BCUT2D eigenvalue weighted by molar-refractivity contribution is 6.00. The molecule has 4 rings (SSSR count). The molecule has 1 fully saturated rings. The minimum Gasteiger partial charge on any atom is -0.450 e. The van der Waals surface area contributed by atoms with E-state index in [-0.39, 0.29) is 12.7 Å². The number of fused-ring (bicyclic) bond motifs is 1. The predicted octanol–water partition coefficient (Wildman–Crippen LogP) is 1.55. The Morgan fingerprint density at radius 1 is 1.29 bits per heavy atom. The van der Waals surface area contributed by atoms with Crippen molar-refractivity contribution in [2.24, 2.45) is 7.05 Å². The van der Waals surface area contributed by atoms with Crippen LogP contribution in [0.25, 0.3) is 11.1 Å². The Kier molecular flexibility index (Phi) is 5.04. The normalized spacial score (nSPS) is 16.5. The molecule has 28 heavy (non-hydrogen) atoms. The van der Waals surface area contributed by atoms with Gasteiger partial charge in [-0.3, -0.25) is 9.67 Å². The standard InChI is InChI=1S/C20H25N5O3/c1-3-28-20(27)25-8-6-24(7-9-25)18-4-5-21-17-10-15(16(13-26)19(17)18)14-11-22-23(2)12-14/h4-5,11-12,26H,3,6-10,13H2,1-2H3. The van der Waals surface area contributed by atoms with Gasteiger partial charge in [0.2, 0.25) is 0 Å². The number of aromatic nitrogens is 3. The number of pyridine rings is 1. The molecule has 0 saturated carbocycles. The number of allylic oxidation sites excluding steroid dienone is 1. The van der Waals surface area contributed by atoms with Crippen LogP contribution < -0.4 is 4.90 Å². The van der Waals surface area contributed by atoms with Crippen LogP contribution >= 0.6 is 0 Å². The van der Waals surface area contributed by atoms with Crippen molar-refractivity contribution in [2.75, 3.05) is 44.3 Å². The molecule has 8 nitrogen and oxygen atoms in total. The van der Waals surface area contributed by atoms with Gasteiger partial charge in [-0.1, -0.05) is 0 Å². The fourth-order valence-corrected chi connectivity index (χ4v) is 4.02. The molecule has 2 aliphatic rings. The van der Waals surface area contributed by atoms with E-state index in [1.165, 1.54) is 0 Å². The van der Waals surface area contributed by atoms with Gasteiger partial charge >= 0.3 is 6.09 Å². The molecule has 0 atom stereocenters. The third kappa shape index (κ3) is 3.24. The van der Waals surface area contributed by atoms with E-state index in [0.717, 1.165) is 46.7 Å². The molecule has 1 amide bonds. The van der Waals surface area contributed by atoms with Crippen LogP contribution in [0.1, 0.15) is 23.7 Å². The van der Waals surface area contributed by atoms with Crippen LogP contribution in [0.3, 0.4) is 0 Å². The number of carbonyl (C=O) groups excluding carboxylic acids is 1. The Morgan fingerprint density at radius 2 is 2.07 bits per heavy atom. The van der Waals surface area contributed by atoms with Crippen molar-refractivity contribution in [1.29, 1.82) is 0 Å². The second kappa shape index (κ2) is 7.63. The van der Waals surface area contributed by atoms with Crippen LogP contribution in [0, 0.1) is 0 Å². The summed E-state index contributed by atoms with van der Waals surface area (Å²) in [6, 6.07) is 2.00. The predicted molar refractivity (Wildman–Crippen MR) is 106 cm³/mol. The summed E-state index contributed by atoms with van der Waals surface area (Å²) < 4.78 is 6.87. The first kappa shape index (κ1) is 18.5. The van der Waals surface area contributed by atoms with Gasteiger partial charge in [0.15, 0.2) is 0 Å². The van der Waals surface area contributed by atoms with E-state index in [1.807, 2.05) is 38.6 Å². The highest BCUT2D eigenvalue weighted by atomic mass is 16.6. The third-order valence-electron chi connectivity index (χ3n) is 5.38. The molecule has 8 heteroatoms. The number of hydrogen-bond acceptors (Lipinski definition) is 6. The van der Waals surface area contributed by atoms with Crippen molar-refractivity contribution < 1.29 is 14.6 Å². The number of nitrogens with zero attached hydrogens (tertiary/aromatic N) is 5. The first-order valence-corrected chi connectivity index (χ1v) is 9.59. The quantitative estimate of drug-likeness (QED) is 0.863. The number of carbonyl (C=O) groups is 1. The van der Waals surface area contributed by atoms with Crippen LogP contribution in [-0.4, -0.2) is 70.3 Å². The van der Waals surface area contributed by atoms with Gasteiger partial charge in [-0.2, -0.15) is 5.10 Å². The summed E-state index contributed by atoms with van der Waals surface area (Å²) in [6.07, 6.45) is 6.06. The monoisotopic (exact) mass is 383 g/mol. The number of rotatable bonds is 4. The maximum absolute atomic E-state index is 12.0. The Bertz CT molecular complexity index is 912. The van der Waals surface area contributed by atoms with E-state index >= 15 is 0 Å². The van der Waals surface area contributed by atoms with Gasteiger partial charge < -0.3 is 19.6 Å². The molecule has 148 valence electrons. The Morgan fingerprint density at radius 3 is 2.71 bits per heavy atom. The molecule has 1 saturated heterocycles. The summed E-state index contributed by atoms with van der Waals surface area (Å²) in [5, 5.41) is 14.4. The molecule has 0 bridgehead atoms. The van der Waals surface area contributed by atoms with Crippen molar-refractivity contribution in [3.05, 3.63) is 41.5 Å². The lowest BCUT2D eigenvalue weighted by Gasteiger charge is -2.36. The van der Waals surface area contributed by atoms with E-state index in [9.17, 15) is 9.90 Å². The fourth-order valence-electron chi connectivity index (χ4n) is 4.02. The summed E-state index contributed by atoms with van der Waals surface area (Å²) in [4.78, 5) is 20.5. The van der Waals surface area contributed by atoms with Crippen molar-refractivity contribution in [1.82, 2.24) is 19.7 Å². The molecular formula is C20H25N5O3. The van der Waals surface area contributed by atoms with E-state index in [1.54, 1.807) is 9.58 Å². The average Bonchev–Trinajstić information content (AvgIpc) is 3.31. The van der Waals surface area contributed by atoms with Gasteiger partial charge in [0.1, 0.15) is 0 Å². The lowest BCUT2D eigenvalue weighted by Crippen LogP contribution is -2.49. The summed E-state index contributed by atoms with van der Waals surface area (Å²) >= 11 is 0. The molecule has 2 aromatic heterocycles. The fraction of sp³-hybridized carbons (Fsp3) is 0.450. The van der Waals surface area contributed by atoms with E-state index in [0.29, 0.717) is 26.1 Å². The van der Waals surface area contributed by atoms with Gasteiger partial charge in [-0.05, 0) is 24.1 Å². The zero-order valence-corrected chi connectivity index (χ0v) is 16.3. The lowest BCUT2D eigenvalue weighted by atomic mass is 10.0. The molecule has 1 aliphatic heterocycles. The van der Waals surface area contributed by atoms with Crippen molar-refractivity contribution >= 4 is 22.9 Å². The molecule has 1 aliphatic carbocycles. The highest BCUT2D eigenvalue weighted by Gasteiger charge is 2.30. The zero-order valence-electron chi connectivity index (χ0n) is 16.3. The molecule has 3 heterocycles.